The predicted molar refractivity (Wildman–Crippen MR) is 259 cm³/mol. The molecule has 0 fully saturated rings. The van der Waals surface area contributed by atoms with E-state index in [0.29, 0.717) is 0 Å². The van der Waals surface area contributed by atoms with Gasteiger partial charge in [-0.05, 0) is 141 Å². The highest BCUT2D eigenvalue weighted by atomic mass is 16.3. The first-order valence-electron chi connectivity index (χ1n) is 21.3. The van der Waals surface area contributed by atoms with Crippen molar-refractivity contribution in [3.63, 3.8) is 0 Å². The number of hydrogen-bond donors (Lipinski definition) is 0. The Hall–Kier alpha value is -8.14. The lowest BCUT2D eigenvalue weighted by Gasteiger charge is -2.30. The lowest BCUT2D eigenvalue weighted by atomic mass is 9.88. The zero-order valence-corrected chi connectivity index (χ0v) is 33.9. The molecule has 1 aliphatic carbocycles. The maximum absolute atomic E-state index is 6.63. The molecule has 0 N–H and O–H groups in total. The van der Waals surface area contributed by atoms with E-state index < -0.39 is 0 Å². The second-order valence-electron chi connectivity index (χ2n) is 16.1. The summed E-state index contributed by atoms with van der Waals surface area (Å²) >= 11 is 0. The fraction of sp³-hybridized carbons (Fsp3) is 0.0169. The van der Waals surface area contributed by atoms with Gasteiger partial charge in [0.1, 0.15) is 11.2 Å². The van der Waals surface area contributed by atoms with E-state index in [-0.39, 0.29) is 5.92 Å². The lowest BCUT2D eigenvalue weighted by Crippen LogP contribution is -2.13. The molecule has 0 radical (unpaired) electrons. The highest BCUT2D eigenvalue weighted by Crippen LogP contribution is 2.52. The van der Waals surface area contributed by atoms with E-state index in [2.05, 4.69) is 240 Å². The average molecular weight is 793 g/mol. The van der Waals surface area contributed by atoms with Crippen molar-refractivity contribution in [2.45, 2.75) is 5.92 Å². The lowest BCUT2D eigenvalue weighted by molar-refractivity contribution is 0.672. The van der Waals surface area contributed by atoms with E-state index in [9.17, 15) is 0 Å². The molecule has 12 rings (SSSR count). The van der Waals surface area contributed by atoms with Crippen LogP contribution in [0, 0.1) is 0 Å². The normalized spacial score (nSPS) is 13.0. The first-order chi connectivity index (χ1) is 30.7. The van der Waals surface area contributed by atoms with Crippen molar-refractivity contribution < 1.29 is 4.42 Å². The van der Waals surface area contributed by atoms with Gasteiger partial charge in [-0.3, -0.25) is 0 Å². The topological polar surface area (TPSA) is 19.6 Å². The van der Waals surface area contributed by atoms with Gasteiger partial charge in [0.2, 0.25) is 0 Å². The molecule has 0 spiro atoms. The molecule has 3 nitrogen and oxygen atoms in total. The van der Waals surface area contributed by atoms with Crippen molar-refractivity contribution in [3.05, 3.63) is 253 Å². The number of nitrogens with zero attached hydrogens (tertiary/aromatic N) is 2. The summed E-state index contributed by atoms with van der Waals surface area (Å²) in [5, 5.41) is 4.61. The Morgan fingerprint density at radius 3 is 1.42 bits per heavy atom. The van der Waals surface area contributed by atoms with Crippen LogP contribution in [-0.2, 0) is 0 Å². The third kappa shape index (κ3) is 6.05. The standard InChI is InChI=1S/C59H40N2O/c1-6-18-40(19-7-1)58-51-32-30-41(36-54(51)55-39-53-42(37-56(55)58)31-33-52-50-28-16-17-29-57(50)62-59(52)53)43-34-48(60(44-20-8-2-9-21-44)45-22-10-3-11-23-45)38-49(35-43)61(46-24-12-4-13-25-46)47-26-14-5-15-27-47/h1-39,58H. The Morgan fingerprint density at radius 2 is 0.839 bits per heavy atom. The van der Waals surface area contributed by atoms with Crippen molar-refractivity contribution in [3.8, 4) is 22.3 Å². The summed E-state index contributed by atoms with van der Waals surface area (Å²) in [6.07, 6.45) is 0. The van der Waals surface area contributed by atoms with Crippen LogP contribution in [0.1, 0.15) is 22.6 Å². The molecule has 0 saturated carbocycles. The molecule has 0 amide bonds. The Kier molecular flexibility index (Phi) is 8.57. The first kappa shape index (κ1) is 35.8. The van der Waals surface area contributed by atoms with Gasteiger partial charge in [0, 0.05) is 56.2 Å². The van der Waals surface area contributed by atoms with Crippen LogP contribution >= 0.6 is 0 Å². The van der Waals surface area contributed by atoms with Crippen LogP contribution < -0.4 is 9.80 Å². The Labute approximate surface area is 361 Å². The van der Waals surface area contributed by atoms with Crippen LogP contribution in [0.2, 0.25) is 0 Å². The van der Waals surface area contributed by atoms with Gasteiger partial charge in [-0.15, -0.1) is 0 Å². The van der Waals surface area contributed by atoms with Crippen LogP contribution in [0.5, 0.6) is 0 Å². The van der Waals surface area contributed by atoms with Crippen LogP contribution in [0.15, 0.2) is 241 Å². The van der Waals surface area contributed by atoms with Gasteiger partial charge in [0.25, 0.3) is 0 Å². The zero-order chi connectivity index (χ0) is 41.0. The number of benzene rings is 10. The number of furan rings is 1. The van der Waals surface area contributed by atoms with E-state index in [1.165, 1.54) is 33.2 Å². The van der Waals surface area contributed by atoms with E-state index in [1.807, 2.05) is 6.07 Å². The van der Waals surface area contributed by atoms with Gasteiger partial charge in [0.15, 0.2) is 0 Å². The molecule has 0 aliphatic heterocycles. The summed E-state index contributed by atoms with van der Waals surface area (Å²) in [5.74, 6) is 0.103. The molecule has 1 unspecified atom stereocenters. The molecular weight excluding hydrogens is 753 g/mol. The summed E-state index contributed by atoms with van der Waals surface area (Å²) in [6, 6.07) is 85.4. The van der Waals surface area contributed by atoms with E-state index in [0.717, 1.165) is 72.6 Å². The molecule has 292 valence electrons. The van der Waals surface area contributed by atoms with E-state index in [1.54, 1.807) is 0 Å². The summed E-state index contributed by atoms with van der Waals surface area (Å²) in [7, 11) is 0. The molecule has 0 saturated heterocycles. The molecule has 1 heterocycles. The maximum atomic E-state index is 6.63. The molecular formula is C59H40N2O. The predicted octanol–water partition coefficient (Wildman–Crippen LogP) is 16.5. The molecule has 11 aromatic rings. The van der Waals surface area contributed by atoms with E-state index >= 15 is 0 Å². The van der Waals surface area contributed by atoms with Crippen molar-refractivity contribution in [1.29, 1.82) is 0 Å². The number of fused-ring (bicyclic) bond motifs is 8. The first-order valence-corrected chi connectivity index (χ1v) is 21.3. The van der Waals surface area contributed by atoms with Gasteiger partial charge in [-0.25, -0.2) is 0 Å². The molecule has 10 aromatic carbocycles. The molecule has 1 aliphatic rings. The third-order valence-electron chi connectivity index (χ3n) is 12.4. The summed E-state index contributed by atoms with van der Waals surface area (Å²) < 4.78 is 6.63. The maximum Gasteiger partial charge on any atom is 0.143 e. The summed E-state index contributed by atoms with van der Waals surface area (Å²) in [4.78, 5) is 4.72. The molecule has 3 heteroatoms. The Bertz CT molecular complexity index is 3220. The molecule has 0 bridgehead atoms. The fourth-order valence-electron chi connectivity index (χ4n) is 9.66. The average Bonchev–Trinajstić information content (AvgIpc) is 3.88. The summed E-state index contributed by atoms with van der Waals surface area (Å²) in [6.45, 7) is 0. The number of para-hydroxylation sites is 5. The number of hydrogen-bond acceptors (Lipinski definition) is 3. The Balaban J connectivity index is 1.10. The third-order valence-corrected chi connectivity index (χ3v) is 12.4. The number of anilines is 6. The van der Waals surface area contributed by atoms with Crippen molar-refractivity contribution in [2.24, 2.45) is 0 Å². The SMILES string of the molecule is c1ccc(C2c3ccc(-c4cc(N(c5ccccc5)c5ccccc5)cc(N(c5ccccc5)c5ccccc5)c4)cc3-c3cc4c(ccc5c6ccccc6oc45)cc32)cc1. The molecule has 62 heavy (non-hydrogen) atoms. The largest absolute Gasteiger partial charge is 0.455 e. The van der Waals surface area contributed by atoms with Gasteiger partial charge in [0.05, 0.1) is 0 Å². The minimum absolute atomic E-state index is 0.103. The van der Waals surface area contributed by atoms with Crippen molar-refractivity contribution >= 4 is 66.8 Å². The second kappa shape index (κ2) is 14.8. The van der Waals surface area contributed by atoms with Gasteiger partial charge in [-0.2, -0.15) is 0 Å². The minimum Gasteiger partial charge on any atom is -0.455 e. The van der Waals surface area contributed by atoms with Crippen molar-refractivity contribution in [2.75, 3.05) is 9.80 Å². The molecule has 1 aromatic heterocycles. The monoisotopic (exact) mass is 792 g/mol. The van der Waals surface area contributed by atoms with Crippen LogP contribution in [0.3, 0.4) is 0 Å². The zero-order valence-electron chi connectivity index (χ0n) is 33.9. The van der Waals surface area contributed by atoms with E-state index in [4.69, 9.17) is 4.42 Å². The van der Waals surface area contributed by atoms with Gasteiger partial charge in [-0.1, -0.05) is 140 Å². The fourth-order valence-corrected chi connectivity index (χ4v) is 9.66. The van der Waals surface area contributed by atoms with Crippen molar-refractivity contribution in [1.82, 2.24) is 0 Å². The quantitative estimate of drug-likeness (QED) is 0.153. The van der Waals surface area contributed by atoms with Gasteiger partial charge >= 0.3 is 0 Å². The van der Waals surface area contributed by atoms with Crippen LogP contribution in [0.25, 0.3) is 55.0 Å². The van der Waals surface area contributed by atoms with Crippen LogP contribution in [0.4, 0.5) is 34.1 Å². The number of rotatable bonds is 8. The van der Waals surface area contributed by atoms with Gasteiger partial charge < -0.3 is 14.2 Å². The summed E-state index contributed by atoms with van der Waals surface area (Å²) in [5.41, 5.74) is 17.0. The highest BCUT2D eigenvalue weighted by Gasteiger charge is 2.31. The molecule has 1 atom stereocenters. The second-order valence-corrected chi connectivity index (χ2v) is 16.1. The van der Waals surface area contributed by atoms with Crippen LogP contribution in [-0.4, -0.2) is 0 Å². The smallest absolute Gasteiger partial charge is 0.143 e. The Morgan fingerprint density at radius 1 is 0.323 bits per heavy atom. The highest BCUT2D eigenvalue weighted by molar-refractivity contribution is 6.16. The minimum atomic E-state index is 0.103.